The van der Waals surface area contributed by atoms with Gasteiger partial charge in [0.25, 0.3) is 5.91 Å². The van der Waals surface area contributed by atoms with Crippen LogP contribution in [0.5, 0.6) is 0 Å². The van der Waals surface area contributed by atoms with Gasteiger partial charge in [0.15, 0.2) is 0 Å². The Balaban J connectivity index is 1.64. The van der Waals surface area contributed by atoms with Gasteiger partial charge >= 0.3 is 0 Å². The third kappa shape index (κ3) is 2.97. The van der Waals surface area contributed by atoms with Crippen LogP contribution < -0.4 is 10.6 Å². The Hall–Kier alpha value is -1.73. The Morgan fingerprint density at radius 1 is 1.19 bits per heavy atom. The topological polar surface area (TPSA) is 84.6 Å². The molecule has 142 valence electrons. The lowest BCUT2D eigenvalue weighted by atomic mass is 9.87. The molecule has 3 aliphatic heterocycles. The summed E-state index contributed by atoms with van der Waals surface area (Å²) in [6, 6.07) is 0.174. The van der Waals surface area contributed by atoms with Crippen LogP contribution in [-0.2, 0) is 4.74 Å². The summed E-state index contributed by atoms with van der Waals surface area (Å²) in [7, 11) is 0. The van der Waals surface area contributed by atoms with Gasteiger partial charge in [0.05, 0.1) is 0 Å². The van der Waals surface area contributed by atoms with Crippen LogP contribution in [0.2, 0.25) is 0 Å². The monoisotopic (exact) mass is 359 g/mol. The van der Waals surface area contributed by atoms with Crippen molar-refractivity contribution in [3.8, 4) is 0 Å². The molecule has 3 aliphatic rings. The highest BCUT2D eigenvalue weighted by atomic mass is 16.5. The summed E-state index contributed by atoms with van der Waals surface area (Å²) in [6.07, 6.45) is 4.89. The highest BCUT2D eigenvalue weighted by Crippen LogP contribution is 2.38. The van der Waals surface area contributed by atoms with Gasteiger partial charge < -0.3 is 20.3 Å². The normalized spacial score (nSPS) is 25.3. The van der Waals surface area contributed by atoms with Gasteiger partial charge in [-0.1, -0.05) is 0 Å². The van der Waals surface area contributed by atoms with Gasteiger partial charge in [0.2, 0.25) is 5.82 Å². The minimum atomic E-state index is -0.0619. The third-order valence-corrected chi connectivity index (χ3v) is 6.34. The highest BCUT2D eigenvalue weighted by Gasteiger charge is 2.45. The zero-order chi connectivity index (χ0) is 18.3. The minimum Gasteiger partial charge on any atom is -0.381 e. The van der Waals surface area contributed by atoms with Crippen molar-refractivity contribution in [2.75, 3.05) is 37.7 Å². The Kier molecular flexibility index (Phi) is 4.61. The first-order valence-electron chi connectivity index (χ1n) is 9.76. The number of nitrogens with two attached hydrogens (primary N) is 1. The van der Waals surface area contributed by atoms with E-state index in [1.165, 1.54) is 0 Å². The van der Waals surface area contributed by atoms with Crippen LogP contribution in [0.15, 0.2) is 0 Å². The number of likely N-dealkylation sites (tertiary alicyclic amines) is 1. The summed E-state index contributed by atoms with van der Waals surface area (Å²) in [5, 5.41) is 0. The molecule has 3 saturated heterocycles. The molecule has 7 nitrogen and oxygen atoms in total. The van der Waals surface area contributed by atoms with E-state index in [0.29, 0.717) is 5.82 Å². The molecule has 1 aromatic rings. The SMILES string of the molecule is Cc1nc(C(=O)N2CCCC23CCOCC3)nc(N2CC[C@@H](N)C2)c1C. The van der Waals surface area contributed by atoms with Crippen molar-refractivity contribution in [3.63, 3.8) is 0 Å². The standard InChI is InChI=1S/C19H29N5O2/c1-13-14(2)21-16(22-17(13)23-9-4-15(20)12-23)18(25)24-8-3-5-19(24)6-10-26-11-7-19/h15H,3-12,20H2,1-2H3/t15-/m1/s1. The number of carbonyl (C=O) groups is 1. The number of anilines is 1. The van der Waals surface area contributed by atoms with Gasteiger partial charge in [-0.3, -0.25) is 4.79 Å². The van der Waals surface area contributed by atoms with Crippen molar-refractivity contribution in [2.24, 2.45) is 5.73 Å². The number of hydrogen-bond acceptors (Lipinski definition) is 6. The zero-order valence-electron chi connectivity index (χ0n) is 15.8. The number of carbonyl (C=O) groups excluding carboxylic acids is 1. The molecule has 3 fully saturated rings. The van der Waals surface area contributed by atoms with Gasteiger partial charge in [0, 0.05) is 55.7 Å². The molecule has 0 radical (unpaired) electrons. The number of hydrogen-bond donors (Lipinski definition) is 1. The maximum atomic E-state index is 13.3. The van der Waals surface area contributed by atoms with E-state index in [4.69, 9.17) is 15.5 Å². The summed E-state index contributed by atoms with van der Waals surface area (Å²) in [4.78, 5) is 26.8. The van der Waals surface area contributed by atoms with E-state index in [9.17, 15) is 4.79 Å². The van der Waals surface area contributed by atoms with Crippen molar-refractivity contribution in [1.29, 1.82) is 0 Å². The van der Waals surface area contributed by atoms with E-state index in [0.717, 1.165) is 82.0 Å². The molecule has 1 aromatic heterocycles. The van der Waals surface area contributed by atoms with Crippen LogP contribution in [-0.4, -0.2) is 65.2 Å². The lowest BCUT2D eigenvalue weighted by Gasteiger charge is -2.41. The van der Waals surface area contributed by atoms with Crippen LogP contribution in [0.3, 0.4) is 0 Å². The zero-order valence-corrected chi connectivity index (χ0v) is 15.8. The Bertz CT molecular complexity index is 701. The van der Waals surface area contributed by atoms with E-state index in [-0.39, 0.29) is 17.5 Å². The van der Waals surface area contributed by atoms with Crippen molar-refractivity contribution in [1.82, 2.24) is 14.9 Å². The maximum Gasteiger partial charge on any atom is 0.292 e. The largest absolute Gasteiger partial charge is 0.381 e. The van der Waals surface area contributed by atoms with Crippen LogP contribution >= 0.6 is 0 Å². The van der Waals surface area contributed by atoms with Gasteiger partial charge in [-0.05, 0) is 46.0 Å². The number of aromatic nitrogens is 2. The van der Waals surface area contributed by atoms with Crippen molar-refractivity contribution >= 4 is 11.7 Å². The molecule has 1 spiro atoms. The van der Waals surface area contributed by atoms with Crippen molar-refractivity contribution in [3.05, 3.63) is 17.1 Å². The van der Waals surface area contributed by atoms with Gasteiger partial charge in [-0.25, -0.2) is 9.97 Å². The average Bonchev–Trinajstić information content (AvgIpc) is 3.24. The highest BCUT2D eigenvalue weighted by molar-refractivity contribution is 5.92. The number of rotatable bonds is 2. The second kappa shape index (κ2) is 6.78. The fourth-order valence-corrected chi connectivity index (χ4v) is 4.64. The quantitative estimate of drug-likeness (QED) is 0.860. The van der Waals surface area contributed by atoms with E-state index in [1.807, 2.05) is 18.7 Å². The minimum absolute atomic E-state index is 0.0303. The van der Waals surface area contributed by atoms with Crippen LogP contribution in [0.4, 0.5) is 5.82 Å². The summed E-state index contributed by atoms with van der Waals surface area (Å²) in [6.45, 7) is 7.91. The fourth-order valence-electron chi connectivity index (χ4n) is 4.64. The molecule has 1 amide bonds. The van der Waals surface area contributed by atoms with E-state index in [1.54, 1.807) is 0 Å². The van der Waals surface area contributed by atoms with E-state index in [2.05, 4.69) is 9.88 Å². The van der Waals surface area contributed by atoms with Crippen molar-refractivity contribution in [2.45, 2.75) is 57.5 Å². The smallest absolute Gasteiger partial charge is 0.292 e. The van der Waals surface area contributed by atoms with Crippen molar-refractivity contribution < 1.29 is 9.53 Å². The molecular formula is C19H29N5O2. The molecule has 0 aliphatic carbocycles. The number of nitrogens with zero attached hydrogens (tertiary/aromatic N) is 4. The molecule has 0 saturated carbocycles. The first-order valence-corrected chi connectivity index (χ1v) is 9.76. The van der Waals surface area contributed by atoms with Gasteiger partial charge in [-0.15, -0.1) is 0 Å². The molecule has 2 N–H and O–H groups in total. The fraction of sp³-hybridized carbons (Fsp3) is 0.737. The van der Waals surface area contributed by atoms with E-state index >= 15 is 0 Å². The van der Waals surface area contributed by atoms with Gasteiger partial charge in [-0.2, -0.15) is 0 Å². The lowest BCUT2D eigenvalue weighted by molar-refractivity contribution is -0.00364. The lowest BCUT2D eigenvalue weighted by Crippen LogP contribution is -2.51. The Morgan fingerprint density at radius 2 is 1.96 bits per heavy atom. The molecule has 4 rings (SSSR count). The number of aryl methyl sites for hydroxylation is 1. The second-order valence-corrected chi connectivity index (χ2v) is 7.97. The molecule has 26 heavy (non-hydrogen) atoms. The molecule has 7 heteroatoms. The summed E-state index contributed by atoms with van der Waals surface area (Å²) < 4.78 is 5.53. The molecule has 4 heterocycles. The number of ether oxygens (including phenoxy) is 1. The third-order valence-electron chi connectivity index (χ3n) is 6.34. The van der Waals surface area contributed by atoms with Crippen LogP contribution in [0.1, 0.15) is 54.0 Å². The first kappa shape index (κ1) is 17.7. The van der Waals surface area contributed by atoms with Gasteiger partial charge in [0.1, 0.15) is 5.82 Å². The summed E-state index contributed by atoms with van der Waals surface area (Å²) in [5.74, 6) is 1.17. The number of amides is 1. The molecular weight excluding hydrogens is 330 g/mol. The molecule has 0 aromatic carbocycles. The predicted octanol–water partition coefficient (Wildman–Crippen LogP) is 1.42. The predicted molar refractivity (Wildman–Crippen MR) is 99.4 cm³/mol. The van der Waals surface area contributed by atoms with E-state index < -0.39 is 0 Å². The van der Waals surface area contributed by atoms with Crippen LogP contribution in [0.25, 0.3) is 0 Å². The maximum absolute atomic E-state index is 13.3. The van der Waals surface area contributed by atoms with Crippen LogP contribution in [0, 0.1) is 13.8 Å². The average molecular weight is 359 g/mol. The Morgan fingerprint density at radius 3 is 2.65 bits per heavy atom. The molecule has 0 bridgehead atoms. The Labute approximate surface area is 154 Å². The summed E-state index contributed by atoms with van der Waals surface area (Å²) in [5.41, 5.74) is 7.92. The summed E-state index contributed by atoms with van der Waals surface area (Å²) >= 11 is 0. The second-order valence-electron chi connectivity index (χ2n) is 7.97. The molecule has 1 atom stereocenters. The molecule has 0 unspecified atom stereocenters. The first-order chi connectivity index (χ1) is 12.5.